The fourth-order valence-electron chi connectivity index (χ4n) is 0.635. The highest BCUT2D eigenvalue weighted by atomic mass is 32.2. The van der Waals surface area contributed by atoms with Gasteiger partial charge >= 0.3 is 5.97 Å². The lowest BCUT2D eigenvalue weighted by Gasteiger charge is -2.02. The molecule has 0 saturated heterocycles. The van der Waals surface area contributed by atoms with Crippen LogP contribution in [0.15, 0.2) is 0 Å². The van der Waals surface area contributed by atoms with Gasteiger partial charge in [0.25, 0.3) is 0 Å². The lowest BCUT2D eigenvalue weighted by Crippen LogP contribution is -2.29. The van der Waals surface area contributed by atoms with Crippen molar-refractivity contribution in [3.63, 3.8) is 0 Å². The van der Waals surface area contributed by atoms with Crippen molar-refractivity contribution in [3.05, 3.63) is 0 Å². The number of carbonyl (C=O) groups excluding carboxylic acids is 1. The highest BCUT2D eigenvalue weighted by Crippen LogP contribution is 1.86. The molecule has 0 rings (SSSR count). The van der Waals surface area contributed by atoms with Crippen molar-refractivity contribution < 1.29 is 17.9 Å². The Morgan fingerprint density at radius 1 is 1.46 bits per heavy atom. The third-order valence-corrected chi connectivity index (χ3v) is 3.23. The van der Waals surface area contributed by atoms with Crippen LogP contribution in [0.25, 0.3) is 0 Å². The third kappa shape index (κ3) is 6.53. The van der Waals surface area contributed by atoms with E-state index < -0.39 is 15.8 Å². The topological polar surface area (TPSA) is 72.5 Å². The van der Waals surface area contributed by atoms with E-state index in [1.807, 2.05) is 0 Å². The summed E-state index contributed by atoms with van der Waals surface area (Å²) in [4.78, 5) is 10.6. The van der Waals surface area contributed by atoms with Crippen LogP contribution in [0.1, 0.15) is 6.92 Å². The number of hydrogen-bond acceptors (Lipinski definition) is 5. The summed E-state index contributed by atoms with van der Waals surface area (Å²) in [5, 5.41) is 2.67. The van der Waals surface area contributed by atoms with Gasteiger partial charge < -0.3 is 10.1 Å². The van der Waals surface area contributed by atoms with Gasteiger partial charge in [-0.2, -0.15) is 0 Å². The van der Waals surface area contributed by atoms with Crippen molar-refractivity contribution in [2.75, 3.05) is 31.7 Å². The van der Waals surface area contributed by atoms with Gasteiger partial charge in [-0.05, 0) is 0 Å². The first-order valence-corrected chi connectivity index (χ1v) is 5.82. The van der Waals surface area contributed by atoms with E-state index in [-0.39, 0.29) is 24.6 Å². The first-order chi connectivity index (χ1) is 6.02. The van der Waals surface area contributed by atoms with Gasteiger partial charge in [-0.1, -0.05) is 6.92 Å². The minimum absolute atomic E-state index is 0.0513. The molecule has 0 aromatic carbocycles. The predicted molar refractivity (Wildman–Crippen MR) is 49.2 cm³/mol. The van der Waals surface area contributed by atoms with Crippen LogP contribution in [0, 0.1) is 0 Å². The second-order valence-corrected chi connectivity index (χ2v) is 4.96. The maximum atomic E-state index is 11.0. The summed E-state index contributed by atoms with van der Waals surface area (Å²) < 4.78 is 26.3. The van der Waals surface area contributed by atoms with Gasteiger partial charge in [0.1, 0.15) is 0 Å². The SMILES string of the molecule is CCS(=O)(=O)CCNCC(=O)OC. The number of sulfone groups is 1. The van der Waals surface area contributed by atoms with Crippen molar-refractivity contribution >= 4 is 15.8 Å². The molecule has 0 radical (unpaired) electrons. The molecule has 0 atom stereocenters. The number of methoxy groups -OCH3 is 1. The van der Waals surface area contributed by atoms with Crippen molar-refractivity contribution in [2.24, 2.45) is 0 Å². The minimum atomic E-state index is -2.94. The molecule has 0 amide bonds. The average molecular weight is 209 g/mol. The van der Waals surface area contributed by atoms with Crippen LogP contribution in [0.4, 0.5) is 0 Å². The normalized spacial score (nSPS) is 11.2. The highest BCUT2D eigenvalue weighted by Gasteiger charge is 2.06. The van der Waals surface area contributed by atoms with E-state index in [2.05, 4.69) is 10.1 Å². The molecule has 0 heterocycles. The van der Waals surface area contributed by atoms with E-state index in [9.17, 15) is 13.2 Å². The van der Waals surface area contributed by atoms with Crippen LogP contribution < -0.4 is 5.32 Å². The number of carbonyl (C=O) groups is 1. The van der Waals surface area contributed by atoms with E-state index in [1.165, 1.54) is 7.11 Å². The number of nitrogens with one attached hydrogen (secondary N) is 1. The number of rotatable bonds is 6. The molecule has 0 bridgehead atoms. The molecule has 0 aliphatic rings. The van der Waals surface area contributed by atoms with Crippen molar-refractivity contribution in [3.8, 4) is 0 Å². The summed E-state index contributed by atoms with van der Waals surface area (Å²) in [6.45, 7) is 1.93. The monoisotopic (exact) mass is 209 g/mol. The summed E-state index contributed by atoms with van der Waals surface area (Å²) in [5.41, 5.74) is 0. The predicted octanol–water partition coefficient (Wildman–Crippen LogP) is -0.816. The first kappa shape index (κ1) is 12.4. The van der Waals surface area contributed by atoms with Gasteiger partial charge in [0, 0.05) is 12.3 Å². The highest BCUT2D eigenvalue weighted by molar-refractivity contribution is 7.91. The Kier molecular flexibility index (Phi) is 5.65. The largest absolute Gasteiger partial charge is 0.468 e. The molecule has 0 aliphatic carbocycles. The zero-order valence-electron chi connectivity index (χ0n) is 7.87. The van der Waals surface area contributed by atoms with Gasteiger partial charge in [0.2, 0.25) is 0 Å². The molecule has 0 saturated carbocycles. The van der Waals surface area contributed by atoms with Crippen LogP contribution in [0.3, 0.4) is 0 Å². The van der Waals surface area contributed by atoms with Crippen LogP contribution in [0.5, 0.6) is 0 Å². The quantitative estimate of drug-likeness (QED) is 0.457. The Labute approximate surface area is 78.4 Å². The summed E-state index contributed by atoms with van der Waals surface area (Å²) in [6.07, 6.45) is 0. The lowest BCUT2D eigenvalue weighted by molar-refractivity contribution is -0.139. The van der Waals surface area contributed by atoms with Crippen LogP contribution >= 0.6 is 0 Å². The molecule has 0 spiro atoms. The molecule has 78 valence electrons. The second-order valence-electron chi connectivity index (χ2n) is 2.49. The molecular weight excluding hydrogens is 194 g/mol. The maximum absolute atomic E-state index is 11.0. The zero-order valence-corrected chi connectivity index (χ0v) is 8.69. The average Bonchev–Trinajstić information content (AvgIpc) is 2.12. The second kappa shape index (κ2) is 5.93. The smallest absolute Gasteiger partial charge is 0.319 e. The fourth-order valence-corrected chi connectivity index (χ4v) is 1.38. The molecule has 1 N–H and O–H groups in total. The number of hydrogen-bond donors (Lipinski definition) is 1. The van der Waals surface area contributed by atoms with E-state index in [4.69, 9.17) is 0 Å². The Hall–Kier alpha value is -0.620. The van der Waals surface area contributed by atoms with Crippen molar-refractivity contribution in [1.82, 2.24) is 5.32 Å². The first-order valence-electron chi connectivity index (χ1n) is 3.99. The third-order valence-electron chi connectivity index (χ3n) is 1.53. The lowest BCUT2D eigenvalue weighted by atomic mass is 10.6. The van der Waals surface area contributed by atoms with Crippen LogP contribution in [-0.2, 0) is 19.4 Å². The fraction of sp³-hybridized carbons (Fsp3) is 0.857. The Morgan fingerprint density at radius 2 is 2.08 bits per heavy atom. The molecule has 0 aromatic rings. The van der Waals surface area contributed by atoms with Crippen LogP contribution in [-0.4, -0.2) is 46.1 Å². The van der Waals surface area contributed by atoms with Gasteiger partial charge in [-0.15, -0.1) is 0 Å². The maximum Gasteiger partial charge on any atom is 0.319 e. The van der Waals surface area contributed by atoms with E-state index >= 15 is 0 Å². The summed E-state index contributed by atoms with van der Waals surface area (Å²) in [5.74, 6) is -0.207. The van der Waals surface area contributed by atoms with Gasteiger partial charge in [-0.25, -0.2) is 8.42 Å². The van der Waals surface area contributed by atoms with Gasteiger partial charge in [0.15, 0.2) is 9.84 Å². The zero-order chi connectivity index (χ0) is 10.3. The van der Waals surface area contributed by atoms with Crippen molar-refractivity contribution in [1.29, 1.82) is 0 Å². The molecule has 0 unspecified atom stereocenters. The van der Waals surface area contributed by atoms with Crippen LogP contribution in [0.2, 0.25) is 0 Å². The summed E-state index contributed by atoms with van der Waals surface area (Å²) >= 11 is 0. The van der Waals surface area contributed by atoms with E-state index in [0.29, 0.717) is 0 Å². The minimum Gasteiger partial charge on any atom is -0.468 e. The number of ether oxygens (including phenoxy) is 1. The molecule has 5 nitrogen and oxygen atoms in total. The van der Waals surface area contributed by atoms with E-state index in [1.54, 1.807) is 6.92 Å². The summed E-state index contributed by atoms with van der Waals surface area (Å²) in [6, 6.07) is 0. The number of esters is 1. The molecule has 13 heavy (non-hydrogen) atoms. The molecule has 0 aromatic heterocycles. The molecule has 6 heteroatoms. The summed E-state index contributed by atoms with van der Waals surface area (Å²) in [7, 11) is -1.65. The Balaban J connectivity index is 3.52. The molecule has 0 fully saturated rings. The Morgan fingerprint density at radius 3 is 2.54 bits per heavy atom. The molecular formula is C7H15NO4S. The van der Waals surface area contributed by atoms with E-state index in [0.717, 1.165) is 0 Å². The van der Waals surface area contributed by atoms with Gasteiger partial charge in [0.05, 0.1) is 19.4 Å². The van der Waals surface area contributed by atoms with Gasteiger partial charge in [-0.3, -0.25) is 4.79 Å². The van der Waals surface area contributed by atoms with Crippen molar-refractivity contribution in [2.45, 2.75) is 6.92 Å². The Bertz CT molecular complexity index is 247. The molecule has 0 aliphatic heterocycles. The standard InChI is InChI=1S/C7H15NO4S/c1-3-13(10,11)5-4-8-6-7(9)12-2/h8H,3-6H2,1-2H3.